The van der Waals surface area contributed by atoms with E-state index in [1.807, 2.05) is 23.5 Å². The average molecular weight is 564 g/mol. The Balaban J connectivity index is 0.000000321. The number of thiol groups is 2. The zero-order valence-electron chi connectivity index (χ0n) is 11.1. The molecular formula is C10H22BrN2S6Sb+4. The van der Waals surface area contributed by atoms with Gasteiger partial charge in [0, 0.05) is 0 Å². The van der Waals surface area contributed by atoms with E-state index in [4.69, 9.17) is 0 Å². The zero-order valence-corrected chi connectivity index (χ0v) is 20.6. The molecule has 2 nitrogen and oxygen atoms in total. The average Bonchev–Trinajstić information content (AvgIpc) is 2.51. The topological polar surface area (TPSA) is 6.02 Å². The normalized spacial score (nSPS) is 18.3. The van der Waals surface area contributed by atoms with Crippen LogP contribution in [-0.2, 0) is 25.3 Å². The molecule has 0 atom stereocenters. The summed E-state index contributed by atoms with van der Waals surface area (Å²) < 4.78 is 6.40. The van der Waals surface area contributed by atoms with Crippen LogP contribution >= 0.6 is 61.4 Å². The minimum absolute atomic E-state index is 0.968. The number of halogens is 1. The van der Waals surface area contributed by atoms with Gasteiger partial charge < -0.3 is 0 Å². The zero-order chi connectivity index (χ0) is 15.4. The SMILES string of the molecule is SC([SH2+])=[N+]1CCSCC1.SC([SH2+])=[N+]1CCSCC1.[Br][Sb]. The van der Waals surface area contributed by atoms with Gasteiger partial charge in [0.2, 0.25) is 0 Å². The van der Waals surface area contributed by atoms with Gasteiger partial charge in [0.1, 0.15) is 0 Å². The van der Waals surface area contributed by atoms with Gasteiger partial charge in [-0.05, 0) is 25.3 Å². The molecule has 0 amide bonds. The molecule has 0 saturated carbocycles. The molecule has 2 rings (SSSR count). The Bertz CT molecular complexity index is 284. The molecule has 2 heterocycles. The predicted molar refractivity (Wildman–Crippen MR) is 118 cm³/mol. The van der Waals surface area contributed by atoms with E-state index in [1.165, 1.54) is 23.0 Å². The molecule has 0 N–H and O–H groups in total. The summed E-state index contributed by atoms with van der Waals surface area (Å²) in [6, 6.07) is 0. The third-order valence-corrected chi connectivity index (χ3v) is 5.70. The molecule has 0 spiro atoms. The Morgan fingerprint density at radius 2 is 1.05 bits per heavy atom. The first-order chi connectivity index (χ1) is 9.61. The molecule has 0 aromatic rings. The number of thioether (sulfide) groups is 2. The summed E-state index contributed by atoms with van der Waals surface area (Å²) in [6.45, 7) is 4.53. The van der Waals surface area contributed by atoms with Crippen molar-refractivity contribution in [2.24, 2.45) is 0 Å². The summed E-state index contributed by atoms with van der Waals surface area (Å²) in [4.78, 5) is 0. The quantitative estimate of drug-likeness (QED) is 0.146. The van der Waals surface area contributed by atoms with Crippen LogP contribution in [0.5, 0.6) is 0 Å². The van der Waals surface area contributed by atoms with Gasteiger partial charge in [-0.1, -0.05) is 0 Å². The summed E-state index contributed by atoms with van der Waals surface area (Å²) in [5.41, 5.74) is 0. The van der Waals surface area contributed by atoms with Crippen LogP contribution in [0.4, 0.5) is 0 Å². The van der Waals surface area contributed by atoms with Crippen molar-refractivity contribution in [1.82, 2.24) is 0 Å². The van der Waals surface area contributed by atoms with Crippen molar-refractivity contribution < 1.29 is 9.15 Å². The molecule has 2 aliphatic rings. The molecule has 20 heavy (non-hydrogen) atoms. The number of hydrogen-bond acceptors (Lipinski definition) is 2. The third kappa shape index (κ3) is 11.3. The van der Waals surface area contributed by atoms with Crippen molar-refractivity contribution in [3.8, 4) is 0 Å². The van der Waals surface area contributed by atoms with Crippen LogP contribution in [0.3, 0.4) is 0 Å². The van der Waals surface area contributed by atoms with Gasteiger partial charge in [-0.25, -0.2) is 0 Å². The van der Waals surface area contributed by atoms with Gasteiger partial charge in [0.25, 0.3) is 0 Å². The first kappa shape index (κ1) is 22.7. The van der Waals surface area contributed by atoms with Gasteiger partial charge in [0.05, 0.1) is 48.3 Å². The molecule has 2 fully saturated rings. The fourth-order valence-corrected chi connectivity index (χ4v) is 4.20. The molecule has 0 aliphatic carbocycles. The summed E-state index contributed by atoms with van der Waals surface area (Å²) in [7, 11) is 0. The van der Waals surface area contributed by atoms with E-state index in [-0.39, 0.29) is 0 Å². The second-order valence-electron chi connectivity index (χ2n) is 3.85. The molecule has 116 valence electrons. The van der Waals surface area contributed by atoms with Gasteiger partial charge in [-0.15, -0.1) is 23.5 Å². The van der Waals surface area contributed by atoms with E-state index in [9.17, 15) is 0 Å². The van der Waals surface area contributed by atoms with Crippen LogP contribution in [0.25, 0.3) is 0 Å². The van der Waals surface area contributed by atoms with Crippen molar-refractivity contribution in [3.63, 3.8) is 0 Å². The van der Waals surface area contributed by atoms with Crippen molar-refractivity contribution >= 4 is 116 Å². The Morgan fingerprint density at radius 3 is 1.20 bits per heavy atom. The van der Waals surface area contributed by atoms with E-state index in [0.717, 1.165) is 34.9 Å². The minimum atomic E-state index is 0.968. The van der Waals surface area contributed by atoms with Crippen LogP contribution in [0, 0.1) is 0 Å². The van der Waals surface area contributed by atoms with Crippen LogP contribution in [0.15, 0.2) is 0 Å². The van der Waals surface area contributed by atoms with Crippen LogP contribution in [0.2, 0.25) is 0 Å². The molecule has 0 bridgehead atoms. The van der Waals surface area contributed by atoms with Crippen LogP contribution in [0.1, 0.15) is 0 Å². The first-order valence-electron chi connectivity index (χ1n) is 5.98. The van der Waals surface area contributed by atoms with Gasteiger partial charge in [-0.3, -0.25) is 0 Å². The number of hydrogen-bond donors (Lipinski definition) is 2. The Morgan fingerprint density at radius 1 is 0.800 bits per heavy atom. The van der Waals surface area contributed by atoms with Crippen molar-refractivity contribution in [3.05, 3.63) is 0 Å². The van der Waals surface area contributed by atoms with E-state index >= 15 is 0 Å². The molecule has 10 heteroatoms. The fraction of sp³-hybridized carbons (Fsp3) is 0.800. The predicted octanol–water partition coefficient (Wildman–Crippen LogP) is 0.551. The van der Waals surface area contributed by atoms with E-state index in [1.54, 1.807) is 20.8 Å². The summed E-state index contributed by atoms with van der Waals surface area (Å²) in [5.74, 6) is 4.92. The van der Waals surface area contributed by atoms with Gasteiger partial charge >= 0.3 is 42.1 Å². The molecule has 2 radical (unpaired) electrons. The van der Waals surface area contributed by atoms with Gasteiger partial charge in [-0.2, -0.15) is 9.15 Å². The molecule has 0 unspecified atom stereocenters. The van der Waals surface area contributed by atoms with E-state index in [2.05, 4.69) is 72.3 Å². The summed E-state index contributed by atoms with van der Waals surface area (Å²) >= 11 is 23.7. The fourth-order valence-electron chi connectivity index (χ4n) is 1.55. The summed E-state index contributed by atoms with van der Waals surface area (Å²) in [6.07, 6.45) is 0. The van der Waals surface area contributed by atoms with E-state index in [0.29, 0.717) is 0 Å². The first-order valence-corrected chi connectivity index (χ1v) is 15.9. The molecule has 0 aromatic heterocycles. The molecule has 2 saturated heterocycles. The molecule has 0 aromatic carbocycles. The third-order valence-electron chi connectivity index (χ3n) is 2.62. The Labute approximate surface area is 172 Å². The van der Waals surface area contributed by atoms with Gasteiger partial charge in [0.15, 0.2) is 26.2 Å². The second-order valence-corrected chi connectivity index (χ2v) is 8.93. The van der Waals surface area contributed by atoms with Crippen molar-refractivity contribution in [2.75, 3.05) is 49.2 Å². The second kappa shape index (κ2) is 15.3. The Kier molecular flexibility index (Phi) is 17.4. The standard InChI is InChI=1S/2C5H9NS3.BrH.Sb/c2*7-5(8)6-1-3-9-4-2-6;;/h2*1-4H2,(H,7,8);1H;/q;;;+1/p+3. The van der Waals surface area contributed by atoms with Crippen molar-refractivity contribution in [2.45, 2.75) is 0 Å². The van der Waals surface area contributed by atoms with Crippen molar-refractivity contribution in [1.29, 1.82) is 0 Å². The van der Waals surface area contributed by atoms with E-state index < -0.39 is 0 Å². The summed E-state index contributed by atoms with van der Waals surface area (Å²) in [5, 5.41) is 0. The number of nitrogens with zero attached hydrogens (tertiary/aromatic N) is 2. The maximum absolute atomic E-state index is 4.19. The van der Waals surface area contributed by atoms with Crippen LogP contribution < -0.4 is 0 Å². The maximum atomic E-state index is 4.19. The van der Waals surface area contributed by atoms with Crippen LogP contribution in [-0.4, -0.2) is 87.9 Å². The monoisotopic (exact) mass is 562 g/mol. The Hall–Kier alpha value is 2.74. The molecular weight excluding hydrogens is 542 g/mol. The molecule has 2 aliphatic heterocycles. The number of rotatable bonds is 0.